The van der Waals surface area contributed by atoms with Crippen LogP contribution in [-0.4, -0.2) is 78.7 Å². The topological polar surface area (TPSA) is 239 Å². The Hall–Kier alpha value is -1.68. The average molecular weight is 1090 g/mol. The van der Waals surface area contributed by atoms with E-state index in [0.717, 1.165) is 72.7 Å². The first-order valence-electron chi connectivity index (χ1n) is 21.5. The van der Waals surface area contributed by atoms with Gasteiger partial charge in [-0.3, -0.25) is 0 Å². The van der Waals surface area contributed by atoms with Crippen LogP contribution in [0.2, 0.25) is 0 Å². The van der Waals surface area contributed by atoms with Crippen LogP contribution in [0.4, 0.5) is 17.1 Å². The normalized spacial score (nSPS) is 21.4. The fourth-order valence-electron chi connectivity index (χ4n) is 10.5. The summed E-state index contributed by atoms with van der Waals surface area (Å²) >= 11 is 2.38. The van der Waals surface area contributed by atoms with Gasteiger partial charge < -0.3 is 19.4 Å². The van der Waals surface area contributed by atoms with E-state index < -0.39 is 52.3 Å². The number of hydrogen-bond donors (Lipinski definition) is 2. The number of benzene rings is 5. The molecule has 0 radical (unpaired) electrons. The van der Waals surface area contributed by atoms with E-state index in [1.807, 2.05) is 97.3 Å². The van der Waals surface area contributed by atoms with Crippen molar-refractivity contribution in [1.82, 2.24) is 4.48 Å². The molecule has 5 aromatic carbocycles. The van der Waals surface area contributed by atoms with Gasteiger partial charge >= 0.3 is 88.7 Å². The molecule has 3 N–H and O–H groups in total. The summed E-state index contributed by atoms with van der Waals surface area (Å²) in [6.45, 7) is 7.95. The van der Waals surface area contributed by atoms with E-state index in [2.05, 4.69) is 23.2 Å². The second kappa shape index (κ2) is 21.7. The molecule has 71 heavy (non-hydrogen) atoms. The molecule has 1 fully saturated rings. The van der Waals surface area contributed by atoms with Crippen LogP contribution in [0.3, 0.4) is 0 Å². The summed E-state index contributed by atoms with van der Waals surface area (Å²) in [6.07, 6.45) is 10.1. The second-order valence-corrected chi connectivity index (χ2v) is 24.7. The third kappa shape index (κ3) is 11.3. The van der Waals surface area contributed by atoms with Crippen molar-refractivity contribution in [2.75, 3.05) is 24.6 Å². The molecule has 1 saturated heterocycles. The van der Waals surface area contributed by atoms with E-state index in [0.29, 0.717) is 45.6 Å². The van der Waals surface area contributed by atoms with Gasteiger partial charge in [0.05, 0.1) is 33.5 Å². The fourth-order valence-corrected chi connectivity index (χ4v) is 14.1. The summed E-state index contributed by atoms with van der Waals surface area (Å²) in [7, 11) is -14.1. The Bertz CT molecular complexity index is 3490. The Balaban J connectivity index is 0.00000275. The molecule has 5 aromatic rings. The van der Waals surface area contributed by atoms with Crippen LogP contribution in [0, 0.1) is 0 Å². The number of anilines is 1. The zero-order chi connectivity index (χ0) is 48.8. The van der Waals surface area contributed by atoms with Gasteiger partial charge in [0.25, 0.3) is 0 Å². The monoisotopic (exact) mass is 1090 g/mol. The average Bonchev–Trinajstić information content (AvgIpc) is 3.94. The first-order valence-corrected chi connectivity index (χ1v) is 27.5. The zero-order valence-electron chi connectivity index (χ0n) is 40.2. The van der Waals surface area contributed by atoms with Crippen molar-refractivity contribution in [2.24, 2.45) is 0 Å². The minimum atomic E-state index is -4.78. The third-order valence-corrected chi connectivity index (χ3v) is 18.0. The smallest absolute Gasteiger partial charge is 0.748 e. The van der Waals surface area contributed by atoms with E-state index in [4.69, 9.17) is 11.0 Å². The molecule has 3 heterocycles. The van der Waals surface area contributed by atoms with Crippen LogP contribution in [0.5, 0.6) is 0 Å². The maximum Gasteiger partial charge on any atom is 1.00 e. The molecule has 9 rings (SSSR count). The van der Waals surface area contributed by atoms with Crippen molar-refractivity contribution < 1.29 is 147 Å². The molecule has 15 nitrogen and oxygen atoms in total. The van der Waals surface area contributed by atoms with E-state index in [9.17, 15) is 38.9 Å². The van der Waals surface area contributed by atoms with Gasteiger partial charge in [-0.05, 0) is 146 Å². The van der Waals surface area contributed by atoms with Gasteiger partial charge in [0.2, 0.25) is 11.1 Å². The Morgan fingerprint density at radius 2 is 1.44 bits per heavy atom. The molecule has 2 unspecified atom stereocenters. The fraction of sp³-hybridized carbons (Fsp3) is 0.271. The molecule has 0 saturated carbocycles. The number of nitrogens with two attached hydrogens (primary N) is 1. The molecule has 4 aliphatic rings. The van der Waals surface area contributed by atoms with E-state index >= 15 is 0 Å². The predicted molar refractivity (Wildman–Crippen MR) is 260 cm³/mol. The number of thioether (sulfide) groups is 1. The number of fused-ring (bicyclic) bond motifs is 7. The maximum atomic E-state index is 12.9. The molecule has 3 aliphatic heterocycles. The predicted octanol–water partition coefficient (Wildman–Crippen LogP) is -0.379. The maximum absolute atomic E-state index is 12.9. The second-order valence-electron chi connectivity index (χ2n) is 18.4. The first kappa shape index (κ1) is 58.6. The Morgan fingerprint density at radius 1 is 0.789 bits per heavy atom. The molecule has 0 bridgehead atoms. The summed E-state index contributed by atoms with van der Waals surface area (Å²) in [5.41, 5.74) is 11.6. The van der Waals surface area contributed by atoms with Crippen LogP contribution >= 0.6 is 23.8 Å². The van der Waals surface area contributed by atoms with Crippen molar-refractivity contribution >= 4 is 98.5 Å². The molecular formula is C48H46N3Na3O12S5+2. The van der Waals surface area contributed by atoms with Crippen molar-refractivity contribution in [3.63, 3.8) is 0 Å². The van der Waals surface area contributed by atoms with E-state index in [-0.39, 0.29) is 111 Å². The van der Waals surface area contributed by atoms with Gasteiger partial charge in [-0.1, -0.05) is 41.1 Å². The quantitative estimate of drug-likeness (QED) is 0.0176. The summed E-state index contributed by atoms with van der Waals surface area (Å²) < 4.78 is 117. The van der Waals surface area contributed by atoms with E-state index in [1.54, 1.807) is 30.0 Å². The Labute approximate surface area is 488 Å². The summed E-state index contributed by atoms with van der Waals surface area (Å²) in [5.74, 6) is -0.623. The van der Waals surface area contributed by atoms with Crippen molar-refractivity contribution in [3.05, 3.63) is 142 Å². The number of nitrogen functional groups attached to an aromatic ring is 1. The molecule has 23 heteroatoms. The van der Waals surface area contributed by atoms with Crippen molar-refractivity contribution in [2.45, 2.75) is 77.8 Å². The molecule has 356 valence electrons. The zero-order valence-corrected chi connectivity index (χ0v) is 50.2. The molecule has 0 aromatic heterocycles. The van der Waals surface area contributed by atoms with E-state index in [1.165, 1.54) is 12.1 Å². The first-order chi connectivity index (χ1) is 31.9. The van der Waals surface area contributed by atoms with Gasteiger partial charge in [-0.25, -0.2) is 35.0 Å². The third-order valence-electron chi connectivity index (χ3n) is 13.5. The summed E-state index contributed by atoms with van der Waals surface area (Å²) in [5, 5.41) is 14.1. The van der Waals surface area contributed by atoms with Gasteiger partial charge in [-0.15, -0.1) is 4.33 Å². The largest absolute Gasteiger partial charge is 1.00 e. The molecular weight excluding hydrogens is 1040 g/mol. The van der Waals surface area contributed by atoms with Gasteiger partial charge in [0.15, 0.2) is 28.9 Å². The van der Waals surface area contributed by atoms with Gasteiger partial charge in [0.1, 0.15) is 31.6 Å². The molecule has 2 atom stereocenters. The number of nitrogens with zero attached hydrogens (tertiary/aromatic N) is 2. The van der Waals surface area contributed by atoms with Crippen LogP contribution in [0.15, 0.2) is 146 Å². The van der Waals surface area contributed by atoms with Crippen LogP contribution < -0.4 is 98.9 Å². The number of quaternary nitrogens is 1. The Morgan fingerprint density at radius 3 is 2.08 bits per heavy atom. The van der Waals surface area contributed by atoms with Crippen molar-refractivity contribution in [1.29, 1.82) is 0 Å². The molecule has 1 aliphatic carbocycles. The van der Waals surface area contributed by atoms with Gasteiger partial charge in [-0.2, -0.15) is 4.58 Å². The SMILES string of the molecule is CC1(C)C(/C=C/C2=C(Sc3ccc(N)cc3)C(=C/C=C3\C(C)(C)c4c(ccc5cc(S(=O)(=O)[O-])ccc45)[N+]34CC4S(=O)(=O)[O-])/CCC2)=[N+](CCS(=O)(=O)[O-])c2ccc3cc(SOOO)ccc3c21.[Na+].[Na+].[Na+]. The van der Waals surface area contributed by atoms with Gasteiger partial charge in [0, 0.05) is 49.7 Å². The number of rotatable bonds is 13. The summed E-state index contributed by atoms with van der Waals surface area (Å²) in [6, 6.07) is 24.4. The standard InChI is InChI=1S/C48H47N3O12S5.3Na/c1-47(2)41(50(24-25-66(53,54)55)39-20-8-31-26-35(65-63-62-52)16-18-37(31)44(39)47)22-10-29-6-5-7-30(46(29)64-34-14-12-33(49)13-15-34)11-23-42-48(3,4)45-38-19-17-36(67(56,57)58)27-32(38)9-21-40(45)51(42)28-43(51)68(59,60)61;;;/h8-23,26-27,43H,5-7,24-25,28,49H2,1-4H3,(H2-2,52,53,54,55,56,57,58,59,60,61);;;/q;3*+1/p-1/b22-10+,30-11+,42-23+;;;. The van der Waals surface area contributed by atoms with Crippen LogP contribution in [0.1, 0.15) is 58.1 Å². The minimum Gasteiger partial charge on any atom is -0.748 e. The molecule has 1 spiro atoms. The van der Waals surface area contributed by atoms with Crippen molar-refractivity contribution in [3.8, 4) is 0 Å². The summed E-state index contributed by atoms with van der Waals surface area (Å²) in [4.78, 5) is 2.14. The molecule has 0 amide bonds. The number of hydrogen-bond acceptors (Lipinski definition) is 15. The van der Waals surface area contributed by atoms with Crippen LogP contribution in [0.25, 0.3) is 21.5 Å². The minimum absolute atomic E-state index is 0. The van der Waals surface area contributed by atoms with Crippen LogP contribution in [-0.2, 0) is 50.6 Å². The number of allylic oxidation sites excluding steroid dienone is 7. The Kier molecular flexibility index (Phi) is 17.9.